The minimum Gasteiger partial charge on any atom is -0.381 e. The van der Waals surface area contributed by atoms with Crippen LogP contribution in [0.25, 0.3) is 22.3 Å². The number of aryl methyl sites for hydroxylation is 2. The fourth-order valence-corrected chi connectivity index (χ4v) is 3.76. The Balaban J connectivity index is 1.52. The second kappa shape index (κ2) is 6.93. The highest BCUT2D eigenvalue weighted by Gasteiger charge is 2.20. The quantitative estimate of drug-likeness (QED) is 0.572. The largest absolute Gasteiger partial charge is 0.381 e. The molecule has 0 amide bonds. The molecule has 0 spiro atoms. The van der Waals surface area contributed by atoms with E-state index in [-0.39, 0.29) is 6.10 Å². The van der Waals surface area contributed by atoms with Crippen LogP contribution in [0.2, 0.25) is 0 Å². The zero-order valence-electron chi connectivity index (χ0n) is 16.6. The first-order valence-corrected chi connectivity index (χ1v) is 9.61. The van der Waals surface area contributed by atoms with Gasteiger partial charge in [0.15, 0.2) is 5.65 Å². The highest BCUT2D eigenvalue weighted by atomic mass is 16.5. The lowest BCUT2D eigenvalue weighted by Gasteiger charge is -2.19. The second-order valence-corrected chi connectivity index (χ2v) is 7.32. The number of hydrogen-bond acceptors (Lipinski definition) is 7. The number of allylic oxidation sites excluding steroid dienone is 1. The molecule has 4 aromatic rings. The van der Waals surface area contributed by atoms with Crippen LogP contribution in [0.5, 0.6) is 0 Å². The topological polar surface area (TPSA) is 95.0 Å². The molecule has 148 valence electrons. The number of fused-ring (bicyclic) bond motifs is 2. The van der Waals surface area contributed by atoms with Crippen LogP contribution in [0.4, 0.5) is 11.6 Å². The lowest BCUT2D eigenvalue weighted by atomic mass is 9.94. The van der Waals surface area contributed by atoms with E-state index in [0.717, 1.165) is 52.9 Å². The predicted molar refractivity (Wildman–Crippen MR) is 110 cm³/mol. The fraction of sp³-hybridized carbons (Fsp3) is 0.350. The molecule has 5 rings (SSSR count). The molecule has 1 aliphatic carbocycles. The molecule has 0 aliphatic heterocycles. The normalized spacial score (nSPS) is 17.1. The van der Waals surface area contributed by atoms with Gasteiger partial charge in [-0.25, -0.2) is 19.5 Å². The monoisotopic (exact) mass is 390 g/mol. The molecule has 0 bridgehead atoms. The van der Waals surface area contributed by atoms with Gasteiger partial charge in [-0.3, -0.25) is 4.68 Å². The molecular formula is C20H22N8O. The molecule has 29 heavy (non-hydrogen) atoms. The number of ether oxygens (including phenoxy) is 1. The summed E-state index contributed by atoms with van der Waals surface area (Å²) in [4.78, 5) is 13.5. The van der Waals surface area contributed by atoms with Crippen molar-refractivity contribution < 1.29 is 4.74 Å². The van der Waals surface area contributed by atoms with Gasteiger partial charge in [0, 0.05) is 14.2 Å². The van der Waals surface area contributed by atoms with Crippen LogP contribution in [-0.4, -0.2) is 47.6 Å². The fourth-order valence-electron chi connectivity index (χ4n) is 3.76. The number of hydrogen-bond donors (Lipinski definition) is 1. The smallest absolute Gasteiger partial charge is 0.227 e. The molecule has 1 unspecified atom stereocenters. The Morgan fingerprint density at radius 1 is 1.28 bits per heavy atom. The van der Waals surface area contributed by atoms with Crippen molar-refractivity contribution in [1.29, 1.82) is 0 Å². The summed E-state index contributed by atoms with van der Waals surface area (Å²) in [5.74, 6) is 0.528. The first-order chi connectivity index (χ1) is 14.1. The number of nitrogens with one attached hydrogen (secondary N) is 1. The molecule has 0 aromatic carbocycles. The van der Waals surface area contributed by atoms with Gasteiger partial charge >= 0.3 is 0 Å². The van der Waals surface area contributed by atoms with E-state index >= 15 is 0 Å². The van der Waals surface area contributed by atoms with Crippen molar-refractivity contribution in [1.82, 2.24) is 34.3 Å². The van der Waals surface area contributed by atoms with Crippen LogP contribution in [0.1, 0.15) is 30.5 Å². The van der Waals surface area contributed by atoms with Gasteiger partial charge < -0.3 is 10.1 Å². The van der Waals surface area contributed by atoms with E-state index in [4.69, 9.17) is 14.8 Å². The summed E-state index contributed by atoms with van der Waals surface area (Å²) in [6.07, 6.45) is 10.6. The summed E-state index contributed by atoms with van der Waals surface area (Å²) in [5.41, 5.74) is 6.63. The van der Waals surface area contributed by atoms with Crippen LogP contribution in [0.15, 0.2) is 30.9 Å². The molecule has 4 aromatic heterocycles. The Morgan fingerprint density at radius 2 is 2.17 bits per heavy atom. The Hall–Kier alpha value is -3.33. The zero-order valence-corrected chi connectivity index (χ0v) is 16.6. The van der Waals surface area contributed by atoms with Crippen molar-refractivity contribution in [2.45, 2.75) is 32.3 Å². The van der Waals surface area contributed by atoms with E-state index in [9.17, 15) is 0 Å². The minimum atomic E-state index is 0.287. The first-order valence-electron chi connectivity index (χ1n) is 9.61. The van der Waals surface area contributed by atoms with Gasteiger partial charge in [-0.2, -0.15) is 10.2 Å². The maximum Gasteiger partial charge on any atom is 0.227 e. The van der Waals surface area contributed by atoms with Gasteiger partial charge in [-0.05, 0) is 43.4 Å². The lowest BCUT2D eigenvalue weighted by molar-refractivity contribution is 0.0964. The predicted octanol–water partition coefficient (Wildman–Crippen LogP) is 3.04. The van der Waals surface area contributed by atoms with Crippen molar-refractivity contribution in [2.24, 2.45) is 7.05 Å². The van der Waals surface area contributed by atoms with Gasteiger partial charge in [0.05, 0.1) is 24.2 Å². The lowest BCUT2D eigenvalue weighted by Crippen LogP contribution is -2.13. The maximum absolute atomic E-state index is 5.47. The summed E-state index contributed by atoms with van der Waals surface area (Å²) < 4.78 is 9.03. The van der Waals surface area contributed by atoms with Crippen molar-refractivity contribution >= 4 is 33.9 Å². The maximum atomic E-state index is 5.47. The Morgan fingerprint density at radius 3 is 2.97 bits per heavy atom. The SMILES string of the molecule is COC1CC=C(c2nn(C)c3cnc(Nc4cn5ncnc5cc4C)nc23)CC1. The second-order valence-electron chi connectivity index (χ2n) is 7.32. The highest BCUT2D eigenvalue weighted by Crippen LogP contribution is 2.31. The Kier molecular flexibility index (Phi) is 4.24. The molecule has 1 aliphatic rings. The molecule has 0 saturated carbocycles. The van der Waals surface area contributed by atoms with E-state index in [1.54, 1.807) is 11.6 Å². The van der Waals surface area contributed by atoms with Gasteiger partial charge in [0.2, 0.25) is 5.95 Å². The average molecular weight is 390 g/mol. The number of aromatic nitrogens is 7. The highest BCUT2D eigenvalue weighted by molar-refractivity contribution is 5.88. The van der Waals surface area contributed by atoms with E-state index in [1.165, 1.54) is 11.9 Å². The molecular weight excluding hydrogens is 368 g/mol. The molecule has 9 heteroatoms. The number of rotatable bonds is 4. The van der Waals surface area contributed by atoms with E-state index in [1.807, 2.05) is 37.1 Å². The molecule has 0 saturated heterocycles. The minimum absolute atomic E-state index is 0.287. The zero-order chi connectivity index (χ0) is 20.0. The summed E-state index contributed by atoms with van der Waals surface area (Å²) in [6.45, 7) is 2.02. The van der Waals surface area contributed by atoms with Crippen molar-refractivity contribution in [3.05, 3.63) is 42.1 Å². The van der Waals surface area contributed by atoms with Crippen LogP contribution >= 0.6 is 0 Å². The standard InChI is InChI=1S/C20H22N8O/c1-12-8-17-22-11-23-28(17)10-15(12)24-20-21-9-16-19(25-20)18(26-27(16)2)13-4-6-14(29-3)7-5-13/h4,8-11,14H,5-7H2,1-3H3,(H,21,24,25). The summed E-state index contributed by atoms with van der Waals surface area (Å²) in [7, 11) is 3.69. The number of anilines is 2. The van der Waals surface area contributed by atoms with Crippen molar-refractivity contribution in [3.8, 4) is 0 Å². The number of methoxy groups -OCH3 is 1. The van der Waals surface area contributed by atoms with E-state index in [0.29, 0.717) is 5.95 Å². The van der Waals surface area contributed by atoms with Crippen LogP contribution in [0.3, 0.4) is 0 Å². The summed E-state index contributed by atoms with van der Waals surface area (Å²) >= 11 is 0. The molecule has 0 fully saturated rings. The third-order valence-corrected chi connectivity index (χ3v) is 5.46. The van der Waals surface area contributed by atoms with Gasteiger partial charge in [0.1, 0.15) is 23.1 Å². The molecule has 1 atom stereocenters. The molecule has 0 radical (unpaired) electrons. The van der Waals surface area contributed by atoms with Gasteiger partial charge in [0.25, 0.3) is 0 Å². The van der Waals surface area contributed by atoms with Crippen LogP contribution < -0.4 is 5.32 Å². The average Bonchev–Trinajstić information content (AvgIpc) is 3.32. The molecule has 9 nitrogen and oxygen atoms in total. The molecule has 1 N–H and O–H groups in total. The molecule has 4 heterocycles. The van der Waals surface area contributed by atoms with Crippen molar-refractivity contribution in [2.75, 3.05) is 12.4 Å². The van der Waals surface area contributed by atoms with Gasteiger partial charge in [-0.15, -0.1) is 0 Å². The van der Waals surface area contributed by atoms with E-state index < -0.39 is 0 Å². The number of pyridine rings is 1. The Bertz CT molecular complexity index is 1240. The summed E-state index contributed by atoms with van der Waals surface area (Å²) in [5, 5.41) is 12.2. The van der Waals surface area contributed by atoms with Crippen molar-refractivity contribution in [3.63, 3.8) is 0 Å². The van der Waals surface area contributed by atoms with Gasteiger partial charge in [-0.1, -0.05) is 6.08 Å². The third-order valence-electron chi connectivity index (χ3n) is 5.46. The summed E-state index contributed by atoms with van der Waals surface area (Å²) in [6, 6.07) is 1.97. The van der Waals surface area contributed by atoms with Crippen LogP contribution in [-0.2, 0) is 11.8 Å². The van der Waals surface area contributed by atoms with E-state index in [2.05, 4.69) is 26.5 Å². The first kappa shape index (κ1) is 17.7. The van der Waals surface area contributed by atoms with Crippen LogP contribution in [0, 0.1) is 6.92 Å². The third kappa shape index (κ3) is 3.13. The Labute approximate surface area is 167 Å². The number of nitrogens with zero attached hydrogens (tertiary/aromatic N) is 7.